The summed E-state index contributed by atoms with van der Waals surface area (Å²) in [6.45, 7) is 2.09. The van der Waals surface area contributed by atoms with Crippen LogP contribution in [0.3, 0.4) is 0 Å². The predicted octanol–water partition coefficient (Wildman–Crippen LogP) is 5.94. The quantitative estimate of drug-likeness (QED) is 0.103. The number of para-hydroxylation sites is 1. The molecule has 0 aliphatic carbocycles. The summed E-state index contributed by atoms with van der Waals surface area (Å²) in [6.07, 6.45) is 3.12. The van der Waals surface area contributed by atoms with E-state index in [0.29, 0.717) is 40.7 Å². The predicted molar refractivity (Wildman–Crippen MR) is 133 cm³/mol. The molecule has 0 saturated carbocycles. The van der Waals surface area contributed by atoms with Crippen molar-refractivity contribution >= 4 is 45.0 Å². The molecule has 0 N–H and O–H groups in total. The van der Waals surface area contributed by atoms with E-state index in [-0.39, 0.29) is 5.97 Å². The van der Waals surface area contributed by atoms with E-state index in [9.17, 15) is 4.79 Å². The van der Waals surface area contributed by atoms with Gasteiger partial charge in [-0.1, -0.05) is 48.8 Å². The SMILES string of the molecule is CCCCCC(=O)O/N=C(\CSc1nc2ccccc2s1)c1ccc(OC)c(OC)c1OC. The third-order valence-electron chi connectivity index (χ3n) is 4.86. The Morgan fingerprint density at radius 2 is 1.82 bits per heavy atom. The van der Waals surface area contributed by atoms with Crippen molar-refractivity contribution in [3.63, 3.8) is 0 Å². The molecule has 33 heavy (non-hydrogen) atoms. The molecule has 0 fully saturated rings. The third kappa shape index (κ3) is 6.39. The molecule has 0 unspecified atom stereocenters. The number of hydrogen-bond donors (Lipinski definition) is 0. The zero-order chi connectivity index (χ0) is 23.6. The summed E-state index contributed by atoms with van der Waals surface area (Å²) in [5.41, 5.74) is 2.15. The molecule has 9 heteroatoms. The molecule has 0 amide bonds. The van der Waals surface area contributed by atoms with Crippen molar-refractivity contribution in [2.75, 3.05) is 27.1 Å². The van der Waals surface area contributed by atoms with Crippen LogP contribution in [-0.2, 0) is 9.63 Å². The minimum atomic E-state index is -0.356. The second kappa shape index (κ2) is 12.5. The van der Waals surface area contributed by atoms with Crippen molar-refractivity contribution in [2.24, 2.45) is 5.16 Å². The molecule has 0 aliphatic rings. The van der Waals surface area contributed by atoms with Gasteiger partial charge in [-0.25, -0.2) is 9.78 Å². The Kier molecular flexibility index (Phi) is 9.38. The number of thiazole rings is 1. The molecule has 3 aromatic rings. The Labute approximate surface area is 202 Å². The van der Waals surface area contributed by atoms with Gasteiger partial charge in [0.15, 0.2) is 15.8 Å². The first kappa shape index (κ1) is 24.9. The van der Waals surface area contributed by atoms with Crippen LogP contribution in [-0.4, -0.2) is 43.7 Å². The summed E-state index contributed by atoms with van der Waals surface area (Å²) in [4.78, 5) is 22.1. The van der Waals surface area contributed by atoms with Gasteiger partial charge in [-0.05, 0) is 30.7 Å². The highest BCUT2D eigenvalue weighted by Crippen LogP contribution is 2.41. The number of nitrogens with zero attached hydrogens (tertiary/aromatic N) is 2. The zero-order valence-electron chi connectivity index (χ0n) is 19.3. The topological polar surface area (TPSA) is 79.2 Å². The molecule has 7 nitrogen and oxygen atoms in total. The van der Waals surface area contributed by atoms with Gasteiger partial charge >= 0.3 is 5.97 Å². The van der Waals surface area contributed by atoms with Crippen molar-refractivity contribution in [1.82, 2.24) is 4.98 Å². The number of carbonyl (C=O) groups is 1. The Morgan fingerprint density at radius 1 is 1.03 bits per heavy atom. The first-order valence-corrected chi connectivity index (χ1v) is 12.5. The maximum Gasteiger partial charge on any atom is 0.335 e. The fraction of sp³-hybridized carbons (Fsp3) is 0.375. The van der Waals surface area contributed by atoms with Crippen molar-refractivity contribution in [1.29, 1.82) is 0 Å². The third-order valence-corrected chi connectivity index (χ3v) is 7.05. The molecule has 2 aromatic carbocycles. The van der Waals surface area contributed by atoms with Gasteiger partial charge in [-0.2, -0.15) is 0 Å². The minimum absolute atomic E-state index is 0.332. The molecule has 1 heterocycles. The second-order valence-corrected chi connectivity index (χ2v) is 9.33. The largest absolute Gasteiger partial charge is 0.493 e. The van der Waals surface area contributed by atoms with Gasteiger partial charge in [0, 0.05) is 17.7 Å². The van der Waals surface area contributed by atoms with Crippen LogP contribution in [0.4, 0.5) is 0 Å². The van der Waals surface area contributed by atoms with E-state index in [1.54, 1.807) is 38.7 Å². The Morgan fingerprint density at radius 3 is 2.52 bits per heavy atom. The van der Waals surface area contributed by atoms with E-state index in [0.717, 1.165) is 33.8 Å². The molecular formula is C24H28N2O5S2. The summed E-state index contributed by atoms with van der Waals surface area (Å²) in [7, 11) is 4.66. The van der Waals surface area contributed by atoms with Gasteiger partial charge in [0.25, 0.3) is 0 Å². The highest BCUT2D eigenvalue weighted by Gasteiger charge is 2.21. The fourth-order valence-electron chi connectivity index (χ4n) is 3.20. The maximum atomic E-state index is 12.2. The van der Waals surface area contributed by atoms with Crippen LogP contribution >= 0.6 is 23.1 Å². The van der Waals surface area contributed by atoms with Crippen molar-refractivity contribution in [3.8, 4) is 17.2 Å². The second-order valence-electron chi connectivity index (χ2n) is 7.08. The lowest BCUT2D eigenvalue weighted by molar-refractivity contribution is -0.143. The number of thioether (sulfide) groups is 1. The van der Waals surface area contributed by atoms with Gasteiger partial charge in [-0.15, -0.1) is 11.3 Å². The number of aromatic nitrogens is 1. The van der Waals surface area contributed by atoms with Crippen molar-refractivity contribution in [3.05, 3.63) is 42.0 Å². The molecule has 0 saturated heterocycles. The first-order valence-electron chi connectivity index (χ1n) is 10.7. The van der Waals surface area contributed by atoms with Crippen LogP contribution < -0.4 is 14.2 Å². The number of ether oxygens (including phenoxy) is 3. The highest BCUT2D eigenvalue weighted by atomic mass is 32.2. The maximum absolute atomic E-state index is 12.2. The molecule has 0 radical (unpaired) electrons. The van der Waals surface area contributed by atoms with E-state index in [1.165, 1.54) is 11.8 Å². The molecule has 0 atom stereocenters. The normalized spacial score (nSPS) is 11.5. The van der Waals surface area contributed by atoms with Crippen LogP contribution in [0, 0.1) is 0 Å². The number of carbonyl (C=O) groups excluding carboxylic acids is 1. The molecule has 1 aromatic heterocycles. The molecule has 3 rings (SSSR count). The van der Waals surface area contributed by atoms with Crippen molar-refractivity contribution in [2.45, 2.75) is 36.9 Å². The van der Waals surface area contributed by atoms with Gasteiger partial charge < -0.3 is 19.0 Å². The van der Waals surface area contributed by atoms with E-state index in [1.807, 2.05) is 30.3 Å². The molecule has 176 valence electrons. The molecule has 0 bridgehead atoms. The lowest BCUT2D eigenvalue weighted by Crippen LogP contribution is -2.11. The summed E-state index contributed by atoms with van der Waals surface area (Å²) < 4.78 is 18.5. The van der Waals surface area contributed by atoms with E-state index in [2.05, 4.69) is 17.1 Å². The number of fused-ring (bicyclic) bond motifs is 1. The summed E-state index contributed by atoms with van der Waals surface area (Å²) in [5, 5.41) is 4.23. The minimum Gasteiger partial charge on any atom is -0.493 e. The van der Waals surface area contributed by atoms with Gasteiger partial charge in [0.1, 0.15) is 5.71 Å². The highest BCUT2D eigenvalue weighted by molar-refractivity contribution is 8.01. The van der Waals surface area contributed by atoms with Crippen LogP contribution in [0.15, 0.2) is 45.9 Å². The summed E-state index contributed by atoms with van der Waals surface area (Å²) in [5.74, 6) is 1.51. The van der Waals surface area contributed by atoms with Crippen LogP contribution in [0.2, 0.25) is 0 Å². The van der Waals surface area contributed by atoms with Crippen LogP contribution in [0.5, 0.6) is 17.2 Å². The Bertz CT molecular complexity index is 1080. The lowest BCUT2D eigenvalue weighted by Gasteiger charge is -2.16. The van der Waals surface area contributed by atoms with Gasteiger partial charge in [0.05, 0.1) is 31.5 Å². The first-order chi connectivity index (χ1) is 16.1. The molecular weight excluding hydrogens is 460 g/mol. The van der Waals surface area contributed by atoms with Crippen LogP contribution in [0.25, 0.3) is 10.2 Å². The number of oxime groups is 1. The monoisotopic (exact) mass is 488 g/mol. The average molecular weight is 489 g/mol. The Balaban J connectivity index is 1.89. The van der Waals surface area contributed by atoms with E-state index < -0.39 is 0 Å². The van der Waals surface area contributed by atoms with E-state index >= 15 is 0 Å². The number of hydrogen-bond acceptors (Lipinski definition) is 9. The van der Waals surface area contributed by atoms with Gasteiger partial charge in [-0.3, -0.25) is 0 Å². The summed E-state index contributed by atoms with van der Waals surface area (Å²) in [6, 6.07) is 11.6. The van der Waals surface area contributed by atoms with E-state index in [4.69, 9.17) is 19.0 Å². The van der Waals surface area contributed by atoms with Gasteiger partial charge in [0.2, 0.25) is 5.75 Å². The number of methoxy groups -OCH3 is 3. The summed E-state index contributed by atoms with van der Waals surface area (Å²) >= 11 is 3.13. The fourth-order valence-corrected chi connectivity index (χ4v) is 5.21. The zero-order valence-corrected chi connectivity index (χ0v) is 20.9. The number of benzene rings is 2. The van der Waals surface area contributed by atoms with Crippen molar-refractivity contribution < 1.29 is 23.8 Å². The Hall–Kier alpha value is -2.78. The number of unbranched alkanes of at least 4 members (excludes halogenated alkanes) is 2. The lowest BCUT2D eigenvalue weighted by atomic mass is 10.1. The number of rotatable bonds is 12. The van der Waals surface area contributed by atoms with Crippen LogP contribution in [0.1, 0.15) is 38.2 Å². The average Bonchev–Trinajstić information content (AvgIpc) is 3.26. The standard InChI is InChI=1S/C24H28N2O5S2/c1-5-6-7-12-21(27)31-26-18(15-32-24-25-17-10-8-9-11-20(17)33-24)16-13-14-19(28-2)23(30-4)22(16)29-3/h8-11,13-14H,5-7,12,15H2,1-4H3/b26-18+. The molecule has 0 aliphatic heterocycles. The smallest absolute Gasteiger partial charge is 0.335 e. The molecule has 0 spiro atoms.